The number of fused-ring (bicyclic) bond motifs is 1. The van der Waals surface area contributed by atoms with Gasteiger partial charge < -0.3 is 0 Å². The second-order valence-electron chi connectivity index (χ2n) is 6.09. The number of hydrogen-bond acceptors (Lipinski definition) is 6. The van der Waals surface area contributed by atoms with E-state index in [9.17, 15) is 9.59 Å². The van der Waals surface area contributed by atoms with Crippen LogP contribution in [-0.2, 0) is 6.42 Å². The SMILES string of the molecule is CCc1cc2c(=O)n(NC(=O)c3sc(-c4ccc(Cl)cc4)nc3C)cnc2s1. The fraction of sp³-hybridized carbons (Fsp3) is 0.158. The first-order valence-electron chi connectivity index (χ1n) is 8.51. The Bertz CT molecular complexity index is 1240. The number of thiazole rings is 1. The Labute approximate surface area is 173 Å². The number of aromatic nitrogens is 3. The van der Waals surface area contributed by atoms with Crippen LogP contribution < -0.4 is 11.0 Å². The van der Waals surface area contributed by atoms with Gasteiger partial charge in [-0.1, -0.05) is 30.7 Å². The fourth-order valence-corrected chi connectivity index (χ4v) is 4.72. The number of rotatable bonds is 4. The van der Waals surface area contributed by atoms with E-state index in [-0.39, 0.29) is 5.56 Å². The summed E-state index contributed by atoms with van der Waals surface area (Å²) >= 11 is 8.67. The van der Waals surface area contributed by atoms with Crippen molar-refractivity contribution in [2.45, 2.75) is 20.3 Å². The molecule has 0 unspecified atom stereocenters. The molecule has 6 nitrogen and oxygen atoms in total. The Kier molecular flexibility index (Phi) is 5.01. The Hall–Kier alpha value is -2.55. The van der Waals surface area contributed by atoms with Crippen molar-refractivity contribution in [2.75, 3.05) is 5.43 Å². The summed E-state index contributed by atoms with van der Waals surface area (Å²) in [6.45, 7) is 3.79. The van der Waals surface area contributed by atoms with Gasteiger partial charge in [0.15, 0.2) is 0 Å². The fourth-order valence-electron chi connectivity index (χ4n) is 2.71. The van der Waals surface area contributed by atoms with Crippen molar-refractivity contribution in [2.24, 2.45) is 0 Å². The minimum atomic E-state index is -0.399. The maximum absolute atomic E-state index is 12.7. The van der Waals surface area contributed by atoms with Crippen molar-refractivity contribution < 1.29 is 4.79 Å². The molecule has 0 fully saturated rings. The standard InChI is InChI=1S/C19H15ClN4O2S2/c1-3-13-8-14-18(27-13)21-9-24(19(14)26)23-16(25)15-10(2)22-17(28-15)11-4-6-12(20)7-5-11/h4-9H,3H2,1-2H3,(H,23,25). The summed E-state index contributed by atoms with van der Waals surface area (Å²) in [7, 11) is 0. The third-order valence-electron chi connectivity index (χ3n) is 4.17. The molecule has 0 aliphatic heterocycles. The molecule has 28 heavy (non-hydrogen) atoms. The lowest BCUT2D eigenvalue weighted by atomic mass is 10.2. The van der Waals surface area contributed by atoms with Crippen LogP contribution in [0.2, 0.25) is 5.02 Å². The first-order chi connectivity index (χ1) is 13.5. The van der Waals surface area contributed by atoms with Gasteiger partial charge in [0.05, 0.1) is 11.1 Å². The molecule has 0 aliphatic carbocycles. The van der Waals surface area contributed by atoms with Gasteiger partial charge in [-0.2, -0.15) is 0 Å². The molecule has 1 aromatic carbocycles. The van der Waals surface area contributed by atoms with Crippen LogP contribution in [0.4, 0.5) is 0 Å². The molecule has 0 saturated heterocycles. The molecule has 0 aliphatic rings. The molecule has 0 saturated carbocycles. The van der Waals surface area contributed by atoms with Gasteiger partial charge in [-0.05, 0) is 31.5 Å². The van der Waals surface area contributed by atoms with E-state index in [1.165, 1.54) is 29.0 Å². The van der Waals surface area contributed by atoms with Gasteiger partial charge in [0.1, 0.15) is 21.0 Å². The number of carbonyl (C=O) groups excluding carboxylic acids is 1. The molecular weight excluding hydrogens is 416 g/mol. The molecule has 3 aromatic heterocycles. The summed E-state index contributed by atoms with van der Waals surface area (Å²) in [4.78, 5) is 36.3. The Morgan fingerprint density at radius 1 is 1.25 bits per heavy atom. The Morgan fingerprint density at radius 3 is 2.71 bits per heavy atom. The number of carbonyl (C=O) groups is 1. The van der Waals surface area contributed by atoms with Gasteiger partial charge >= 0.3 is 0 Å². The van der Waals surface area contributed by atoms with E-state index in [0.29, 0.717) is 30.8 Å². The second kappa shape index (κ2) is 7.46. The van der Waals surface area contributed by atoms with E-state index in [0.717, 1.165) is 21.5 Å². The van der Waals surface area contributed by atoms with Gasteiger partial charge in [0.25, 0.3) is 11.5 Å². The zero-order chi connectivity index (χ0) is 19.8. The Balaban J connectivity index is 1.64. The van der Waals surface area contributed by atoms with Crippen LogP contribution in [0.1, 0.15) is 27.2 Å². The van der Waals surface area contributed by atoms with E-state index in [1.54, 1.807) is 19.1 Å². The highest BCUT2D eigenvalue weighted by atomic mass is 35.5. The van der Waals surface area contributed by atoms with E-state index >= 15 is 0 Å². The van der Waals surface area contributed by atoms with Crippen LogP contribution in [0.25, 0.3) is 20.8 Å². The summed E-state index contributed by atoms with van der Waals surface area (Å²) in [6.07, 6.45) is 2.18. The van der Waals surface area contributed by atoms with E-state index < -0.39 is 5.91 Å². The van der Waals surface area contributed by atoms with Crippen LogP contribution in [0, 0.1) is 6.92 Å². The van der Waals surface area contributed by atoms with Crippen molar-refractivity contribution >= 4 is 50.4 Å². The highest BCUT2D eigenvalue weighted by Gasteiger charge is 2.18. The first kappa shape index (κ1) is 18.8. The minimum absolute atomic E-state index is 0.297. The number of thiophene rings is 1. The third kappa shape index (κ3) is 3.46. The molecular formula is C19H15ClN4O2S2. The topological polar surface area (TPSA) is 76.9 Å². The number of halogens is 1. The molecule has 3 heterocycles. The number of nitrogens with zero attached hydrogens (tertiary/aromatic N) is 3. The summed E-state index contributed by atoms with van der Waals surface area (Å²) < 4.78 is 1.12. The zero-order valence-corrected chi connectivity index (χ0v) is 17.4. The van der Waals surface area contributed by atoms with E-state index in [1.807, 2.05) is 25.1 Å². The molecule has 142 valence electrons. The Morgan fingerprint density at radius 2 is 2.00 bits per heavy atom. The third-order valence-corrected chi connectivity index (χ3v) is 6.81. The van der Waals surface area contributed by atoms with Gasteiger partial charge in [-0.3, -0.25) is 15.0 Å². The number of amides is 1. The van der Waals surface area contributed by atoms with Crippen LogP contribution in [0.15, 0.2) is 41.5 Å². The average Bonchev–Trinajstić information content (AvgIpc) is 3.28. The molecule has 4 aromatic rings. The van der Waals surface area contributed by atoms with Crippen molar-refractivity contribution in [1.29, 1.82) is 0 Å². The molecule has 0 atom stereocenters. The number of nitrogens with one attached hydrogen (secondary N) is 1. The van der Waals surface area contributed by atoms with Gasteiger partial charge in [-0.25, -0.2) is 14.6 Å². The lowest BCUT2D eigenvalue weighted by molar-refractivity contribution is 0.101. The predicted molar refractivity (Wildman–Crippen MR) is 114 cm³/mol. The maximum Gasteiger partial charge on any atom is 0.282 e. The summed E-state index contributed by atoms with van der Waals surface area (Å²) in [5.74, 6) is -0.399. The van der Waals surface area contributed by atoms with Crippen molar-refractivity contribution in [3.8, 4) is 10.6 Å². The summed E-state index contributed by atoms with van der Waals surface area (Å²) in [5.41, 5.74) is 3.79. The minimum Gasteiger partial charge on any atom is -0.267 e. The molecule has 1 amide bonds. The van der Waals surface area contributed by atoms with Crippen LogP contribution in [0.3, 0.4) is 0 Å². The van der Waals surface area contributed by atoms with E-state index in [2.05, 4.69) is 15.4 Å². The van der Waals surface area contributed by atoms with Gasteiger partial charge in [0, 0.05) is 15.5 Å². The largest absolute Gasteiger partial charge is 0.282 e. The lowest BCUT2D eigenvalue weighted by Crippen LogP contribution is -2.32. The first-order valence-corrected chi connectivity index (χ1v) is 10.5. The van der Waals surface area contributed by atoms with Gasteiger partial charge in [0.2, 0.25) is 0 Å². The van der Waals surface area contributed by atoms with E-state index in [4.69, 9.17) is 11.6 Å². The van der Waals surface area contributed by atoms with Crippen LogP contribution in [-0.4, -0.2) is 20.6 Å². The van der Waals surface area contributed by atoms with Crippen molar-refractivity contribution in [1.82, 2.24) is 14.6 Å². The molecule has 1 N–H and O–H groups in total. The normalized spacial score (nSPS) is 11.1. The smallest absolute Gasteiger partial charge is 0.267 e. The van der Waals surface area contributed by atoms with Gasteiger partial charge in [-0.15, -0.1) is 22.7 Å². The van der Waals surface area contributed by atoms with Crippen LogP contribution >= 0.6 is 34.3 Å². The summed E-state index contributed by atoms with van der Waals surface area (Å²) in [6, 6.07) is 9.09. The predicted octanol–water partition coefficient (Wildman–Crippen LogP) is 4.49. The number of aryl methyl sites for hydroxylation is 2. The average molecular weight is 431 g/mol. The number of benzene rings is 1. The van der Waals surface area contributed by atoms with Crippen molar-refractivity contribution in [3.63, 3.8) is 0 Å². The quantitative estimate of drug-likeness (QED) is 0.517. The molecule has 4 rings (SSSR count). The maximum atomic E-state index is 12.7. The highest BCUT2D eigenvalue weighted by molar-refractivity contribution is 7.18. The number of hydrogen-bond donors (Lipinski definition) is 1. The molecule has 0 radical (unpaired) electrons. The second-order valence-corrected chi connectivity index (χ2v) is 8.64. The monoisotopic (exact) mass is 430 g/mol. The summed E-state index contributed by atoms with van der Waals surface area (Å²) in [5, 5.41) is 1.86. The molecule has 9 heteroatoms. The highest BCUT2D eigenvalue weighted by Crippen LogP contribution is 2.29. The van der Waals surface area contributed by atoms with Crippen molar-refractivity contribution in [3.05, 3.63) is 67.5 Å². The molecule has 0 bridgehead atoms. The molecule has 0 spiro atoms. The van der Waals surface area contributed by atoms with Crippen LogP contribution in [0.5, 0.6) is 0 Å². The lowest BCUT2D eigenvalue weighted by Gasteiger charge is -2.06. The zero-order valence-electron chi connectivity index (χ0n) is 15.0.